The van der Waals surface area contributed by atoms with Gasteiger partial charge in [-0.05, 0) is 102 Å². The fraction of sp³-hybridized carbons (Fsp3) is 0. The third-order valence-electron chi connectivity index (χ3n) is 13.8. The van der Waals surface area contributed by atoms with Crippen LogP contribution in [0.2, 0.25) is 0 Å². The monoisotopic (exact) mass is 909 g/mol. The second-order valence-electron chi connectivity index (χ2n) is 17.9. The van der Waals surface area contributed by atoms with Crippen molar-refractivity contribution in [1.29, 1.82) is 0 Å². The first-order chi connectivity index (χ1) is 34.6. The van der Waals surface area contributed by atoms with E-state index < -0.39 is 0 Å². The van der Waals surface area contributed by atoms with E-state index in [0.717, 1.165) is 71.7 Å². The van der Waals surface area contributed by atoms with Gasteiger partial charge >= 0.3 is 0 Å². The van der Waals surface area contributed by atoms with Crippen LogP contribution in [0.4, 0.5) is 0 Å². The Kier molecular flexibility index (Phi) is 9.36. The summed E-state index contributed by atoms with van der Waals surface area (Å²) in [4.78, 5) is 15.7. The van der Waals surface area contributed by atoms with E-state index in [0.29, 0.717) is 17.5 Å². The molecule has 14 rings (SSSR count). The number of fused-ring (bicyclic) bond motifs is 8. The number of furan rings is 1. The van der Waals surface area contributed by atoms with E-state index in [1.807, 2.05) is 23.5 Å². The minimum Gasteiger partial charge on any atom is -0.456 e. The maximum atomic E-state index is 6.66. The van der Waals surface area contributed by atoms with Gasteiger partial charge in [0.25, 0.3) is 0 Å². The summed E-state index contributed by atoms with van der Waals surface area (Å²) in [7, 11) is 0. The molecule has 0 aliphatic carbocycles. The molecule has 70 heavy (non-hydrogen) atoms. The van der Waals surface area contributed by atoms with Crippen LogP contribution in [0.15, 0.2) is 241 Å². The van der Waals surface area contributed by atoms with Crippen molar-refractivity contribution in [3.05, 3.63) is 237 Å². The largest absolute Gasteiger partial charge is 0.456 e. The van der Waals surface area contributed by atoms with Crippen molar-refractivity contribution in [2.45, 2.75) is 0 Å². The molecule has 3 aromatic heterocycles. The van der Waals surface area contributed by atoms with Gasteiger partial charge in [-0.25, -0.2) is 15.0 Å². The van der Waals surface area contributed by atoms with Crippen LogP contribution in [-0.4, -0.2) is 15.0 Å². The van der Waals surface area contributed by atoms with E-state index in [1.165, 1.54) is 53.2 Å². The Morgan fingerprint density at radius 3 is 1.61 bits per heavy atom. The number of aromatic nitrogens is 3. The van der Waals surface area contributed by atoms with Gasteiger partial charge in [0.2, 0.25) is 0 Å². The number of benzene rings is 11. The second-order valence-corrected chi connectivity index (χ2v) is 19.0. The molecule has 0 saturated carbocycles. The van der Waals surface area contributed by atoms with Crippen molar-refractivity contribution in [1.82, 2.24) is 15.0 Å². The van der Waals surface area contributed by atoms with Gasteiger partial charge < -0.3 is 4.42 Å². The van der Waals surface area contributed by atoms with Gasteiger partial charge in [-0.2, -0.15) is 0 Å². The van der Waals surface area contributed by atoms with E-state index in [9.17, 15) is 0 Å². The Hall–Kier alpha value is -9.03. The van der Waals surface area contributed by atoms with Gasteiger partial charge in [0.15, 0.2) is 17.5 Å². The number of thiophene rings is 1. The van der Waals surface area contributed by atoms with Crippen LogP contribution in [0, 0.1) is 0 Å². The Morgan fingerprint density at radius 1 is 0.286 bits per heavy atom. The maximum Gasteiger partial charge on any atom is 0.164 e. The average molecular weight is 910 g/mol. The molecule has 0 radical (unpaired) electrons. The molecule has 0 saturated heterocycles. The lowest BCUT2D eigenvalue weighted by Crippen LogP contribution is -2.01. The van der Waals surface area contributed by atoms with Gasteiger partial charge in [-0.15, -0.1) is 11.3 Å². The molecule has 4 nitrogen and oxygen atoms in total. The van der Waals surface area contributed by atoms with Crippen molar-refractivity contribution in [3.8, 4) is 78.7 Å². The highest BCUT2D eigenvalue weighted by Gasteiger charge is 2.20. The molecule has 0 amide bonds. The third-order valence-corrected chi connectivity index (χ3v) is 15.0. The van der Waals surface area contributed by atoms with Crippen molar-refractivity contribution >= 4 is 75.0 Å². The summed E-state index contributed by atoms with van der Waals surface area (Å²) in [5.41, 5.74) is 13.7. The average Bonchev–Trinajstić information content (AvgIpc) is 4.01. The molecule has 0 aliphatic heterocycles. The summed E-state index contributed by atoms with van der Waals surface area (Å²) in [6.45, 7) is 0. The Labute approximate surface area is 407 Å². The normalized spacial score (nSPS) is 11.7. The highest BCUT2D eigenvalue weighted by atomic mass is 32.1. The van der Waals surface area contributed by atoms with Gasteiger partial charge in [-0.3, -0.25) is 0 Å². The minimum absolute atomic E-state index is 0.586. The summed E-state index contributed by atoms with van der Waals surface area (Å²) in [6, 6.07) is 84.0. The molecule has 5 heteroatoms. The first-order valence-corrected chi connectivity index (χ1v) is 24.4. The molecule has 0 bridgehead atoms. The maximum absolute atomic E-state index is 6.66. The lowest BCUT2D eigenvalue weighted by molar-refractivity contribution is 0.669. The zero-order chi connectivity index (χ0) is 46.1. The van der Waals surface area contributed by atoms with Crippen molar-refractivity contribution in [3.63, 3.8) is 0 Å². The van der Waals surface area contributed by atoms with Gasteiger partial charge in [0.1, 0.15) is 11.2 Å². The van der Waals surface area contributed by atoms with Crippen molar-refractivity contribution in [2.75, 3.05) is 0 Å². The number of hydrogen-bond donors (Lipinski definition) is 0. The van der Waals surface area contributed by atoms with Gasteiger partial charge in [0, 0.05) is 47.6 Å². The number of nitrogens with zero attached hydrogens (tertiary/aromatic N) is 3. The summed E-state index contributed by atoms with van der Waals surface area (Å²) >= 11 is 1.86. The highest BCUT2D eigenvalue weighted by Crippen LogP contribution is 2.42. The molecule has 11 aromatic carbocycles. The second kappa shape index (κ2) is 16.3. The van der Waals surface area contributed by atoms with E-state index in [4.69, 9.17) is 19.4 Å². The molecular weight excluding hydrogens is 871 g/mol. The fourth-order valence-corrected chi connectivity index (χ4v) is 11.5. The Balaban J connectivity index is 0.834. The molecule has 0 N–H and O–H groups in total. The quantitative estimate of drug-likeness (QED) is 0.160. The van der Waals surface area contributed by atoms with Crippen molar-refractivity contribution < 1.29 is 4.42 Å². The zero-order valence-corrected chi connectivity index (χ0v) is 38.5. The summed E-state index contributed by atoms with van der Waals surface area (Å²) in [6.07, 6.45) is 0. The first kappa shape index (κ1) is 40.1. The molecule has 326 valence electrons. The molecule has 3 heterocycles. The smallest absolute Gasteiger partial charge is 0.164 e. The highest BCUT2D eigenvalue weighted by molar-refractivity contribution is 7.26. The van der Waals surface area contributed by atoms with Crippen LogP contribution < -0.4 is 0 Å². The van der Waals surface area contributed by atoms with E-state index >= 15 is 0 Å². The van der Waals surface area contributed by atoms with Crippen LogP contribution in [0.25, 0.3) is 142 Å². The minimum atomic E-state index is 0.586. The lowest BCUT2D eigenvalue weighted by Gasteiger charge is -2.11. The summed E-state index contributed by atoms with van der Waals surface area (Å²) in [5.74, 6) is 1.80. The van der Waals surface area contributed by atoms with Crippen LogP contribution in [0.5, 0.6) is 0 Å². The van der Waals surface area contributed by atoms with Crippen LogP contribution in [-0.2, 0) is 0 Å². The van der Waals surface area contributed by atoms with Gasteiger partial charge in [0.05, 0.1) is 0 Å². The SMILES string of the molecule is c1ccc(-c2ccc3cc(-c4ccc5c(c4)oc4cccc(-c6nc(-c7ccc(-c8ccc(-c9cccc%10c9sc9ccccc9%10)cc8)cc7)nc(-c7cccc8ccccc78)n6)c45)ccc3c2)cc1. The number of rotatable bonds is 7. The zero-order valence-electron chi connectivity index (χ0n) is 37.7. The Morgan fingerprint density at radius 2 is 0.814 bits per heavy atom. The van der Waals surface area contributed by atoms with Gasteiger partial charge in [-0.1, -0.05) is 200 Å². The van der Waals surface area contributed by atoms with E-state index in [-0.39, 0.29) is 0 Å². The topological polar surface area (TPSA) is 51.8 Å². The molecule has 0 spiro atoms. The van der Waals surface area contributed by atoms with Crippen LogP contribution in [0.3, 0.4) is 0 Å². The third kappa shape index (κ3) is 6.86. The molecule has 0 atom stereocenters. The molecular formula is C65H39N3OS. The Bertz CT molecular complexity index is 4340. The van der Waals surface area contributed by atoms with E-state index in [1.54, 1.807) is 0 Å². The molecule has 14 aromatic rings. The number of hydrogen-bond acceptors (Lipinski definition) is 5. The summed E-state index contributed by atoms with van der Waals surface area (Å²) in [5, 5.41) is 9.21. The van der Waals surface area contributed by atoms with Crippen LogP contribution in [0.1, 0.15) is 0 Å². The molecule has 0 unspecified atom stereocenters. The lowest BCUT2D eigenvalue weighted by atomic mass is 9.97. The molecule has 0 fully saturated rings. The van der Waals surface area contributed by atoms with Crippen LogP contribution >= 0.6 is 11.3 Å². The molecule has 0 aliphatic rings. The predicted octanol–water partition coefficient (Wildman–Crippen LogP) is 18.1. The van der Waals surface area contributed by atoms with E-state index in [2.05, 4.69) is 224 Å². The summed E-state index contributed by atoms with van der Waals surface area (Å²) < 4.78 is 9.30. The van der Waals surface area contributed by atoms with Crippen molar-refractivity contribution in [2.24, 2.45) is 0 Å². The standard InChI is InChI=1S/C65H39N3OS/c1-2-11-40(12-3-1)46-31-32-48-38-49(34-33-47(48)37-46)50-35-36-56-59(39-50)69-58-21-10-20-57(61(56)58)65-67-63(66-64(68-65)55-19-8-14-43-13-4-5-15-51(43)55)45-29-25-42(26-30-45)41-23-27-44(28-24-41)52-17-9-18-54-53-16-6-7-22-60(53)70-62(52)54/h1-39H. The fourth-order valence-electron chi connectivity index (χ4n) is 10.2. The predicted molar refractivity (Wildman–Crippen MR) is 293 cm³/mol. The first-order valence-electron chi connectivity index (χ1n) is 23.6.